The lowest BCUT2D eigenvalue weighted by molar-refractivity contribution is 1.63. The molecule has 3 heteroatoms. The first kappa shape index (κ1) is 9.97. The van der Waals surface area contributed by atoms with Crippen LogP contribution in [0.4, 0.5) is 0 Å². The first-order valence-electron chi connectivity index (χ1n) is 3.42. The van der Waals surface area contributed by atoms with Gasteiger partial charge in [-0.05, 0) is 35.6 Å². The molecular formula is C9H8Cl2S. The number of halogens is 2. The largest absolute Gasteiger partial charge is 0.148 e. The predicted molar refractivity (Wildman–Crippen MR) is 59.1 cm³/mol. The van der Waals surface area contributed by atoms with E-state index in [-0.39, 0.29) is 0 Å². The van der Waals surface area contributed by atoms with Crippen LogP contribution in [0, 0.1) is 0 Å². The van der Waals surface area contributed by atoms with E-state index in [4.69, 9.17) is 23.2 Å². The Kier molecular flexibility index (Phi) is 3.51. The van der Waals surface area contributed by atoms with Gasteiger partial charge in [0.15, 0.2) is 0 Å². The highest BCUT2D eigenvalue weighted by atomic mass is 35.5. The second-order valence-electron chi connectivity index (χ2n) is 2.45. The Hall–Kier alpha value is -0.110. The summed E-state index contributed by atoms with van der Waals surface area (Å²) in [6.07, 6.45) is 1.89. The van der Waals surface area contributed by atoms with Crippen molar-refractivity contribution < 1.29 is 0 Å². The molecule has 0 radical (unpaired) electrons. The van der Waals surface area contributed by atoms with Gasteiger partial charge >= 0.3 is 0 Å². The van der Waals surface area contributed by atoms with E-state index in [2.05, 4.69) is 12.6 Å². The molecule has 0 bridgehead atoms. The summed E-state index contributed by atoms with van der Waals surface area (Å²) in [7, 11) is 0. The molecule has 1 aromatic carbocycles. The van der Waals surface area contributed by atoms with Crippen molar-refractivity contribution in [2.75, 3.05) is 0 Å². The molecule has 0 aliphatic heterocycles. The molecule has 0 heterocycles. The molecule has 0 saturated heterocycles. The van der Waals surface area contributed by atoms with Crippen molar-refractivity contribution in [1.29, 1.82) is 0 Å². The van der Waals surface area contributed by atoms with Crippen LogP contribution in [0.1, 0.15) is 12.5 Å². The summed E-state index contributed by atoms with van der Waals surface area (Å²) in [4.78, 5) is 0.916. The van der Waals surface area contributed by atoms with E-state index in [1.165, 1.54) is 0 Å². The van der Waals surface area contributed by atoms with E-state index in [1.54, 1.807) is 12.1 Å². The third kappa shape index (κ3) is 2.74. The summed E-state index contributed by atoms with van der Waals surface area (Å²) < 4.78 is 0. The van der Waals surface area contributed by atoms with E-state index in [9.17, 15) is 0 Å². The minimum atomic E-state index is 0.647. The van der Waals surface area contributed by atoms with Crippen LogP contribution in [-0.4, -0.2) is 0 Å². The zero-order valence-electron chi connectivity index (χ0n) is 6.51. The second-order valence-corrected chi connectivity index (χ2v) is 4.00. The van der Waals surface area contributed by atoms with Crippen LogP contribution in [0.15, 0.2) is 23.1 Å². The van der Waals surface area contributed by atoms with Crippen LogP contribution >= 0.6 is 35.8 Å². The zero-order chi connectivity index (χ0) is 9.14. The monoisotopic (exact) mass is 218 g/mol. The average molecular weight is 219 g/mol. The van der Waals surface area contributed by atoms with Crippen molar-refractivity contribution in [3.63, 3.8) is 0 Å². The maximum Gasteiger partial charge on any atom is 0.0493 e. The van der Waals surface area contributed by atoms with Crippen molar-refractivity contribution >= 4 is 41.9 Å². The predicted octanol–water partition coefficient (Wildman–Crippen LogP) is 4.28. The SMILES string of the molecule is CC(S)=Cc1ccc(Cl)cc1Cl. The molecule has 1 aromatic rings. The Balaban J connectivity index is 3.10. The third-order valence-corrected chi connectivity index (χ3v) is 2.02. The highest BCUT2D eigenvalue weighted by molar-refractivity contribution is 7.84. The molecule has 12 heavy (non-hydrogen) atoms. The maximum absolute atomic E-state index is 5.91. The molecule has 0 amide bonds. The lowest BCUT2D eigenvalue weighted by Gasteiger charge is -1.98. The van der Waals surface area contributed by atoms with Crippen molar-refractivity contribution in [3.8, 4) is 0 Å². The molecule has 1 rings (SSSR count). The minimum absolute atomic E-state index is 0.647. The standard InChI is InChI=1S/C9H8Cl2S/c1-6(12)4-7-2-3-8(10)5-9(7)11/h2-5,12H,1H3. The molecule has 0 fully saturated rings. The lowest BCUT2D eigenvalue weighted by atomic mass is 10.2. The van der Waals surface area contributed by atoms with Gasteiger partial charge in [-0.3, -0.25) is 0 Å². The van der Waals surface area contributed by atoms with Crippen LogP contribution in [0.3, 0.4) is 0 Å². The van der Waals surface area contributed by atoms with Gasteiger partial charge in [0.1, 0.15) is 0 Å². The Bertz CT molecular complexity index is 314. The number of hydrogen-bond acceptors (Lipinski definition) is 1. The van der Waals surface area contributed by atoms with E-state index in [0.29, 0.717) is 10.0 Å². The Morgan fingerprint density at radius 1 is 1.42 bits per heavy atom. The minimum Gasteiger partial charge on any atom is -0.148 e. The van der Waals surface area contributed by atoms with Gasteiger partial charge in [0.05, 0.1) is 0 Å². The summed E-state index contributed by atoms with van der Waals surface area (Å²) in [5.74, 6) is 0. The van der Waals surface area contributed by atoms with Gasteiger partial charge in [-0.25, -0.2) is 0 Å². The summed E-state index contributed by atoms with van der Waals surface area (Å²) in [6.45, 7) is 1.90. The summed E-state index contributed by atoms with van der Waals surface area (Å²) in [6, 6.07) is 5.38. The van der Waals surface area contributed by atoms with Crippen molar-refractivity contribution in [3.05, 3.63) is 38.7 Å². The van der Waals surface area contributed by atoms with Crippen LogP contribution in [0.2, 0.25) is 10.0 Å². The fourth-order valence-electron chi connectivity index (χ4n) is 0.844. The number of benzene rings is 1. The molecule has 0 aliphatic rings. The van der Waals surface area contributed by atoms with Crippen molar-refractivity contribution in [2.45, 2.75) is 6.92 Å². The van der Waals surface area contributed by atoms with Gasteiger partial charge in [0.2, 0.25) is 0 Å². The van der Waals surface area contributed by atoms with E-state index < -0.39 is 0 Å². The highest BCUT2D eigenvalue weighted by Gasteiger charge is 1.97. The molecule has 0 atom stereocenters. The van der Waals surface area contributed by atoms with Gasteiger partial charge in [-0.2, -0.15) is 0 Å². The lowest BCUT2D eigenvalue weighted by Crippen LogP contribution is -1.75. The summed E-state index contributed by atoms with van der Waals surface area (Å²) >= 11 is 15.8. The number of thiol groups is 1. The Morgan fingerprint density at radius 3 is 2.58 bits per heavy atom. The fraction of sp³-hybridized carbons (Fsp3) is 0.111. The molecule has 0 spiro atoms. The average Bonchev–Trinajstić information content (AvgIpc) is 1.94. The highest BCUT2D eigenvalue weighted by Crippen LogP contribution is 2.23. The van der Waals surface area contributed by atoms with Gasteiger partial charge in [0.25, 0.3) is 0 Å². The van der Waals surface area contributed by atoms with Crippen molar-refractivity contribution in [2.24, 2.45) is 0 Å². The summed E-state index contributed by atoms with van der Waals surface area (Å²) in [5, 5.41) is 1.30. The molecule has 0 unspecified atom stereocenters. The Labute approximate surface area is 87.6 Å². The zero-order valence-corrected chi connectivity index (χ0v) is 8.92. The second kappa shape index (κ2) is 4.22. The smallest absolute Gasteiger partial charge is 0.0493 e. The van der Waals surface area contributed by atoms with Gasteiger partial charge in [-0.15, -0.1) is 12.6 Å². The van der Waals surface area contributed by atoms with Crippen LogP contribution < -0.4 is 0 Å². The van der Waals surface area contributed by atoms with Crippen molar-refractivity contribution in [1.82, 2.24) is 0 Å². The molecule has 64 valence electrons. The van der Waals surface area contributed by atoms with E-state index >= 15 is 0 Å². The molecular weight excluding hydrogens is 211 g/mol. The number of hydrogen-bond donors (Lipinski definition) is 1. The van der Waals surface area contributed by atoms with E-state index in [0.717, 1.165) is 10.5 Å². The van der Waals surface area contributed by atoms with Gasteiger partial charge in [0, 0.05) is 10.0 Å². The topological polar surface area (TPSA) is 0 Å². The molecule has 0 nitrogen and oxygen atoms in total. The van der Waals surface area contributed by atoms with Crippen LogP contribution in [0.5, 0.6) is 0 Å². The van der Waals surface area contributed by atoms with Gasteiger partial charge < -0.3 is 0 Å². The molecule has 0 aliphatic carbocycles. The van der Waals surface area contributed by atoms with Crippen LogP contribution in [-0.2, 0) is 0 Å². The number of rotatable bonds is 1. The van der Waals surface area contributed by atoms with Gasteiger partial charge in [-0.1, -0.05) is 29.3 Å². The van der Waals surface area contributed by atoms with E-state index in [1.807, 2.05) is 19.1 Å². The number of allylic oxidation sites excluding steroid dienone is 1. The Morgan fingerprint density at radius 2 is 2.08 bits per heavy atom. The summed E-state index contributed by atoms with van der Waals surface area (Å²) in [5.41, 5.74) is 0.938. The normalized spacial score (nSPS) is 11.8. The molecule has 0 saturated carbocycles. The first-order valence-corrected chi connectivity index (χ1v) is 4.62. The van der Waals surface area contributed by atoms with Crippen LogP contribution in [0.25, 0.3) is 6.08 Å². The fourth-order valence-corrected chi connectivity index (χ4v) is 1.45. The quantitative estimate of drug-likeness (QED) is 0.669. The maximum atomic E-state index is 5.91. The molecule has 0 N–H and O–H groups in total. The third-order valence-electron chi connectivity index (χ3n) is 1.33. The molecule has 0 aromatic heterocycles. The first-order chi connectivity index (χ1) is 5.59.